The first-order chi connectivity index (χ1) is 21.8. The predicted octanol–water partition coefficient (Wildman–Crippen LogP) is 10.2. The van der Waals surface area contributed by atoms with Gasteiger partial charge in [0.15, 0.2) is 17.5 Å². The van der Waals surface area contributed by atoms with Crippen LogP contribution in [0, 0.1) is 0 Å². The number of thiazole rings is 1. The van der Waals surface area contributed by atoms with E-state index >= 15 is 0 Å². The molecule has 3 heterocycles. The molecule has 0 aliphatic heterocycles. The van der Waals surface area contributed by atoms with E-state index < -0.39 is 0 Å². The topological polar surface area (TPSA) is 64.7 Å². The average molecular weight is 583 g/mol. The summed E-state index contributed by atoms with van der Waals surface area (Å²) >= 11 is 1.72. The Morgan fingerprint density at radius 2 is 1.18 bits per heavy atom. The summed E-state index contributed by atoms with van der Waals surface area (Å²) in [5, 5.41) is 5.34. The normalized spacial score (nSPS) is 11.6. The van der Waals surface area contributed by atoms with Crippen LogP contribution in [0.4, 0.5) is 0 Å². The minimum absolute atomic E-state index is 0.608. The Kier molecular flexibility index (Phi) is 5.61. The molecule has 9 aromatic rings. The fraction of sp³-hybridized carbons (Fsp3) is 0. The number of hydrogen-bond donors (Lipinski definition) is 0. The van der Waals surface area contributed by atoms with Gasteiger partial charge in [0.05, 0.1) is 10.2 Å². The number of nitrogens with zero attached hydrogens (tertiary/aromatic N) is 4. The van der Waals surface area contributed by atoms with Crippen molar-refractivity contribution in [2.75, 3.05) is 0 Å². The number of benzene rings is 6. The summed E-state index contributed by atoms with van der Waals surface area (Å²) in [7, 11) is 0. The first-order valence-corrected chi connectivity index (χ1v) is 15.2. The fourth-order valence-corrected chi connectivity index (χ4v) is 6.97. The van der Waals surface area contributed by atoms with Crippen molar-refractivity contribution < 1.29 is 4.42 Å². The summed E-state index contributed by atoms with van der Waals surface area (Å²) in [6.07, 6.45) is 0. The van der Waals surface area contributed by atoms with Crippen LogP contribution in [0.5, 0.6) is 0 Å². The van der Waals surface area contributed by atoms with Gasteiger partial charge in [0.2, 0.25) is 0 Å². The van der Waals surface area contributed by atoms with Crippen LogP contribution in [-0.4, -0.2) is 19.9 Å². The minimum Gasteiger partial charge on any atom is -0.456 e. The van der Waals surface area contributed by atoms with Crippen LogP contribution in [0.15, 0.2) is 138 Å². The van der Waals surface area contributed by atoms with Crippen molar-refractivity contribution in [2.45, 2.75) is 0 Å². The quantitative estimate of drug-likeness (QED) is 0.207. The van der Waals surface area contributed by atoms with Crippen molar-refractivity contribution in [1.29, 1.82) is 0 Å². The second-order valence-corrected chi connectivity index (χ2v) is 11.7. The molecule has 0 bridgehead atoms. The van der Waals surface area contributed by atoms with Crippen molar-refractivity contribution in [2.24, 2.45) is 0 Å². The van der Waals surface area contributed by atoms with E-state index in [9.17, 15) is 0 Å². The standard InChI is InChI=1S/C38H22N4OS/c1-3-10-23(11-4-1)35-40-36(42-37(41-35)29-15-9-17-32-33(29)28-14-7-8-16-31(28)43-32)26-18-20-27-25(22-26)19-21-30-34(27)44-38(39-30)24-12-5-2-6-13-24/h1-22H. The van der Waals surface area contributed by atoms with E-state index in [0.717, 1.165) is 65.5 Å². The zero-order valence-corrected chi connectivity index (χ0v) is 24.1. The average Bonchev–Trinajstić information content (AvgIpc) is 3.71. The lowest BCUT2D eigenvalue weighted by Gasteiger charge is -2.10. The molecule has 0 atom stereocenters. The molecule has 0 aliphatic carbocycles. The Bertz CT molecular complexity index is 2500. The van der Waals surface area contributed by atoms with Crippen LogP contribution in [0.3, 0.4) is 0 Å². The lowest BCUT2D eigenvalue weighted by molar-refractivity contribution is 0.669. The Balaban J connectivity index is 1.23. The maximum Gasteiger partial charge on any atom is 0.164 e. The fourth-order valence-electron chi connectivity index (χ4n) is 5.86. The van der Waals surface area contributed by atoms with Gasteiger partial charge in [-0.1, -0.05) is 109 Å². The van der Waals surface area contributed by atoms with Crippen molar-refractivity contribution in [1.82, 2.24) is 19.9 Å². The molecular weight excluding hydrogens is 561 g/mol. The first kappa shape index (κ1) is 24.8. The molecule has 206 valence electrons. The molecule has 0 unspecified atom stereocenters. The molecule has 0 fully saturated rings. The molecular formula is C38H22N4OS. The number of rotatable bonds is 4. The Morgan fingerprint density at radius 3 is 2.02 bits per heavy atom. The van der Waals surface area contributed by atoms with Crippen LogP contribution in [0.2, 0.25) is 0 Å². The Labute approximate surface area is 256 Å². The van der Waals surface area contributed by atoms with Gasteiger partial charge in [0.1, 0.15) is 16.2 Å². The van der Waals surface area contributed by atoms with Gasteiger partial charge < -0.3 is 4.42 Å². The molecule has 6 heteroatoms. The van der Waals surface area contributed by atoms with Gasteiger partial charge >= 0.3 is 0 Å². The van der Waals surface area contributed by atoms with Crippen LogP contribution in [0.1, 0.15) is 0 Å². The molecule has 3 aromatic heterocycles. The van der Waals surface area contributed by atoms with Gasteiger partial charge in [-0.15, -0.1) is 11.3 Å². The SMILES string of the molecule is c1ccc(-c2nc(-c3ccc4c(ccc5nc(-c6ccccc6)sc54)c3)nc(-c3cccc4oc5ccccc5c34)n2)cc1. The van der Waals surface area contributed by atoms with E-state index in [1.807, 2.05) is 78.9 Å². The number of aromatic nitrogens is 4. The largest absolute Gasteiger partial charge is 0.456 e. The van der Waals surface area contributed by atoms with Gasteiger partial charge in [-0.3, -0.25) is 0 Å². The molecule has 0 amide bonds. The van der Waals surface area contributed by atoms with E-state index in [0.29, 0.717) is 17.5 Å². The third kappa shape index (κ3) is 4.07. The smallest absolute Gasteiger partial charge is 0.164 e. The highest BCUT2D eigenvalue weighted by atomic mass is 32.1. The third-order valence-electron chi connectivity index (χ3n) is 7.96. The maximum atomic E-state index is 6.18. The monoisotopic (exact) mass is 582 g/mol. The summed E-state index contributed by atoms with van der Waals surface area (Å²) in [4.78, 5) is 20.0. The predicted molar refractivity (Wildman–Crippen MR) is 180 cm³/mol. The summed E-state index contributed by atoms with van der Waals surface area (Å²) in [6.45, 7) is 0. The first-order valence-electron chi connectivity index (χ1n) is 14.4. The molecule has 0 radical (unpaired) electrons. The number of para-hydroxylation sites is 1. The van der Waals surface area contributed by atoms with E-state index in [4.69, 9.17) is 24.4 Å². The Hall–Kier alpha value is -5.72. The molecule has 6 aromatic carbocycles. The minimum atomic E-state index is 0.608. The highest BCUT2D eigenvalue weighted by Crippen LogP contribution is 2.38. The van der Waals surface area contributed by atoms with Crippen LogP contribution in [-0.2, 0) is 0 Å². The van der Waals surface area contributed by atoms with E-state index in [1.165, 1.54) is 4.70 Å². The molecule has 0 saturated heterocycles. The number of fused-ring (bicyclic) bond motifs is 6. The van der Waals surface area contributed by atoms with Crippen molar-refractivity contribution in [3.63, 3.8) is 0 Å². The maximum absolute atomic E-state index is 6.18. The van der Waals surface area contributed by atoms with Gasteiger partial charge in [-0.25, -0.2) is 19.9 Å². The number of hydrogen-bond acceptors (Lipinski definition) is 6. The molecule has 0 spiro atoms. The van der Waals surface area contributed by atoms with Crippen molar-refractivity contribution in [3.8, 4) is 44.7 Å². The molecule has 0 aliphatic rings. The molecule has 9 rings (SSSR count). The van der Waals surface area contributed by atoms with Gasteiger partial charge in [0.25, 0.3) is 0 Å². The van der Waals surface area contributed by atoms with Crippen LogP contribution >= 0.6 is 11.3 Å². The van der Waals surface area contributed by atoms with Crippen LogP contribution in [0.25, 0.3) is 87.7 Å². The third-order valence-corrected chi connectivity index (χ3v) is 9.11. The molecule has 0 N–H and O–H groups in total. The summed E-state index contributed by atoms with van der Waals surface area (Å²) in [5.74, 6) is 1.85. The lowest BCUT2D eigenvalue weighted by atomic mass is 10.0. The second-order valence-electron chi connectivity index (χ2n) is 10.7. The van der Waals surface area contributed by atoms with Crippen LogP contribution < -0.4 is 0 Å². The highest BCUT2D eigenvalue weighted by molar-refractivity contribution is 7.22. The highest BCUT2D eigenvalue weighted by Gasteiger charge is 2.18. The molecule has 44 heavy (non-hydrogen) atoms. The zero-order valence-electron chi connectivity index (χ0n) is 23.3. The lowest BCUT2D eigenvalue weighted by Crippen LogP contribution is -2.00. The van der Waals surface area contributed by atoms with E-state index in [2.05, 4.69) is 54.6 Å². The zero-order chi connectivity index (χ0) is 29.0. The summed E-state index contributed by atoms with van der Waals surface area (Å²) in [6, 6.07) is 45.2. The number of furan rings is 1. The van der Waals surface area contributed by atoms with E-state index in [1.54, 1.807) is 11.3 Å². The summed E-state index contributed by atoms with van der Waals surface area (Å²) in [5.41, 5.74) is 6.55. The summed E-state index contributed by atoms with van der Waals surface area (Å²) < 4.78 is 7.36. The van der Waals surface area contributed by atoms with Crippen molar-refractivity contribution >= 4 is 54.3 Å². The Morgan fingerprint density at radius 1 is 0.477 bits per heavy atom. The van der Waals surface area contributed by atoms with Gasteiger partial charge in [-0.05, 0) is 29.7 Å². The van der Waals surface area contributed by atoms with Crippen molar-refractivity contribution in [3.05, 3.63) is 133 Å². The van der Waals surface area contributed by atoms with Gasteiger partial charge in [-0.2, -0.15) is 0 Å². The van der Waals surface area contributed by atoms with E-state index in [-0.39, 0.29) is 0 Å². The second kappa shape index (κ2) is 9.93. The van der Waals surface area contributed by atoms with Gasteiger partial charge in [0, 0.05) is 38.4 Å². The molecule has 0 saturated carbocycles. The molecule has 5 nitrogen and oxygen atoms in total.